The fourth-order valence-corrected chi connectivity index (χ4v) is 9.58. The van der Waals surface area contributed by atoms with Gasteiger partial charge in [-0.25, -0.2) is 5.90 Å². The third-order valence-corrected chi connectivity index (χ3v) is 13.3. The summed E-state index contributed by atoms with van der Waals surface area (Å²) in [6.07, 6.45) is 6.40. The molecule has 15 heteroatoms. The zero-order valence-electron chi connectivity index (χ0n) is 38.1. The Bertz CT molecular complexity index is 1560. The van der Waals surface area contributed by atoms with Gasteiger partial charge in [0, 0.05) is 46.3 Å². The predicted molar refractivity (Wildman–Crippen MR) is 240 cm³/mol. The van der Waals surface area contributed by atoms with Crippen molar-refractivity contribution in [1.82, 2.24) is 25.3 Å². The molecule has 14 nitrogen and oxygen atoms in total. The van der Waals surface area contributed by atoms with Crippen molar-refractivity contribution in [2.24, 2.45) is 34.6 Å². The van der Waals surface area contributed by atoms with Crippen molar-refractivity contribution >= 4 is 40.4 Å². The largest absolute Gasteiger partial charge is 0.379 e. The normalized spacial score (nSPS) is 19.8. The van der Waals surface area contributed by atoms with Gasteiger partial charge in [0.15, 0.2) is 0 Å². The minimum atomic E-state index is -0.808. The molecule has 0 unspecified atom stereocenters. The lowest BCUT2D eigenvalue weighted by molar-refractivity contribution is -0.148. The van der Waals surface area contributed by atoms with Crippen molar-refractivity contribution in [2.45, 2.75) is 129 Å². The molecule has 4 amide bonds. The Labute approximate surface area is 364 Å². The molecule has 0 aromatic heterocycles. The molecule has 0 spiro atoms. The second kappa shape index (κ2) is 25.6. The lowest BCUT2D eigenvalue weighted by Crippen LogP contribution is -2.60. The molecule has 3 rings (SSSR count). The molecule has 0 radical (unpaired) electrons. The molecule has 1 saturated heterocycles. The van der Waals surface area contributed by atoms with Gasteiger partial charge in [0.25, 0.3) is 0 Å². The molecule has 1 aromatic rings. The third kappa shape index (κ3) is 14.1. The van der Waals surface area contributed by atoms with Crippen molar-refractivity contribution in [3.05, 3.63) is 48.2 Å². The Hall–Kier alpha value is -3.34. The Kier molecular flexibility index (Phi) is 21.7. The van der Waals surface area contributed by atoms with Crippen LogP contribution in [0.3, 0.4) is 0 Å². The highest BCUT2D eigenvalue weighted by atomic mass is 32.2. The van der Waals surface area contributed by atoms with Gasteiger partial charge in [-0.1, -0.05) is 91.3 Å². The van der Waals surface area contributed by atoms with Crippen molar-refractivity contribution < 1.29 is 33.5 Å². The summed E-state index contributed by atoms with van der Waals surface area (Å²) >= 11 is 1.66. The molecule has 2 aliphatic heterocycles. The SMILES string of the molecule is CC[C@H](C)[C@@H]([C@@H](CC(=O)N1CCC[C@H]1[C@H](OC)[C@@H](C)C(=O)N[C@@H](Cc1ccccc1)C1=NC=CCCS1)OC)N(C)C(=O)[C@@H](NC(=O)[C@H](C(C)C)N(C)CCON)C(C)C. The van der Waals surface area contributed by atoms with Gasteiger partial charge in [0.05, 0.1) is 60.4 Å². The number of rotatable bonds is 24. The van der Waals surface area contributed by atoms with E-state index in [0.717, 1.165) is 35.6 Å². The van der Waals surface area contributed by atoms with Gasteiger partial charge < -0.3 is 34.7 Å². The number of allylic oxidation sites excluding steroid dienone is 1. The number of likely N-dealkylation sites (N-methyl/N-ethyl adjacent to an activating group) is 2. The second-order valence-corrected chi connectivity index (χ2v) is 18.2. The van der Waals surface area contributed by atoms with Gasteiger partial charge in [-0.15, -0.1) is 11.8 Å². The van der Waals surface area contributed by atoms with E-state index in [-0.39, 0.29) is 66.5 Å². The number of carbonyl (C=O) groups excluding carboxylic acids is 4. The van der Waals surface area contributed by atoms with Crippen LogP contribution in [0.1, 0.15) is 86.1 Å². The molecule has 0 saturated carbocycles. The maximum absolute atomic E-state index is 14.4. The zero-order valence-corrected chi connectivity index (χ0v) is 38.9. The van der Waals surface area contributed by atoms with Gasteiger partial charge in [-0.3, -0.25) is 29.1 Å². The quantitative estimate of drug-likeness (QED) is 0.124. The number of benzene rings is 1. The van der Waals surface area contributed by atoms with Crippen LogP contribution in [0.5, 0.6) is 0 Å². The molecule has 0 aliphatic carbocycles. The molecule has 2 aliphatic rings. The van der Waals surface area contributed by atoms with Crippen molar-refractivity contribution in [3.63, 3.8) is 0 Å². The van der Waals surface area contributed by atoms with Crippen molar-refractivity contribution in [3.8, 4) is 0 Å². The van der Waals surface area contributed by atoms with Crippen LogP contribution >= 0.6 is 11.8 Å². The maximum Gasteiger partial charge on any atom is 0.245 e. The van der Waals surface area contributed by atoms with E-state index < -0.39 is 36.3 Å². The number of likely N-dealkylation sites (tertiary alicyclic amines) is 1. The van der Waals surface area contributed by atoms with Crippen LogP contribution in [0.25, 0.3) is 0 Å². The molecule has 60 heavy (non-hydrogen) atoms. The summed E-state index contributed by atoms with van der Waals surface area (Å²) in [5, 5.41) is 7.22. The fourth-order valence-electron chi connectivity index (χ4n) is 8.64. The molecule has 1 fully saturated rings. The molecular weight excluding hydrogens is 783 g/mol. The molecule has 0 bridgehead atoms. The minimum absolute atomic E-state index is 0.0302. The summed E-state index contributed by atoms with van der Waals surface area (Å²) in [5.74, 6) is 4.51. The first-order chi connectivity index (χ1) is 28.6. The molecule has 1 aromatic carbocycles. The minimum Gasteiger partial charge on any atom is -0.379 e. The van der Waals surface area contributed by atoms with Crippen molar-refractivity contribution in [2.75, 3.05) is 53.8 Å². The average Bonchev–Trinajstić information content (AvgIpc) is 3.55. The van der Waals surface area contributed by atoms with Crippen LogP contribution in [-0.4, -0.2) is 140 Å². The summed E-state index contributed by atoms with van der Waals surface area (Å²) in [7, 11) is 6.75. The highest BCUT2D eigenvalue weighted by molar-refractivity contribution is 8.14. The molecule has 9 atom stereocenters. The number of carbonyl (C=O) groups is 4. The molecule has 2 heterocycles. The van der Waals surface area contributed by atoms with Gasteiger partial charge in [-0.2, -0.15) is 0 Å². The lowest BCUT2D eigenvalue weighted by Gasteiger charge is -2.41. The average molecular weight is 858 g/mol. The summed E-state index contributed by atoms with van der Waals surface area (Å²) < 4.78 is 12.2. The number of hydrogen-bond acceptors (Lipinski definition) is 11. The number of hydrogen-bond donors (Lipinski definition) is 3. The summed E-state index contributed by atoms with van der Waals surface area (Å²) in [4.78, 5) is 71.6. The highest BCUT2D eigenvalue weighted by Crippen LogP contribution is 2.30. The van der Waals surface area contributed by atoms with E-state index in [1.54, 1.807) is 37.9 Å². The monoisotopic (exact) mass is 858 g/mol. The van der Waals surface area contributed by atoms with E-state index in [0.29, 0.717) is 25.9 Å². The predicted octanol–water partition coefficient (Wildman–Crippen LogP) is 4.67. The van der Waals surface area contributed by atoms with Crippen LogP contribution in [0, 0.1) is 23.7 Å². The van der Waals surface area contributed by atoms with E-state index in [9.17, 15) is 19.2 Å². The smallest absolute Gasteiger partial charge is 0.245 e. The van der Waals surface area contributed by atoms with Crippen LogP contribution in [0.15, 0.2) is 47.6 Å². The summed E-state index contributed by atoms with van der Waals surface area (Å²) in [6, 6.07) is 7.65. The van der Waals surface area contributed by atoms with E-state index in [1.807, 2.05) is 81.9 Å². The van der Waals surface area contributed by atoms with Crippen LogP contribution in [0.4, 0.5) is 0 Å². The summed E-state index contributed by atoms with van der Waals surface area (Å²) in [6.45, 7) is 15.0. The van der Waals surface area contributed by atoms with Gasteiger partial charge >= 0.3 is 0 Å². The topological polar surface area (TPSA) is 168 Å². The fraction of sp³-hybridized carbons (Fsp3) is 0.711. The lowest BCUT2D eigenvalue weighted by atomic mass is 9.89. The first-order valence-electron chi connectivity index (χ1n) is 21.7. The maximum atomic E-state index is 14.4. The number of amides is 4. The standard InChI is InChI=1S/C45H75N7O7S/c1-12-31(6)40(51(9)45(56)38(29(2)3)49-43(55)39(30(4)5)50(8)24-25-59-46)36(57-10)28-37(53)52-23-18-21-35(52)41(58-11)32(7)42(54)48-34(27-33-19-14-13-15-20-33)44-47-22-16-17-26-60-44/h13-16,19-20,22,29-32,34-36,38-41H,12,17-18,21,23-28,46H2,1-11H3,(H,48,54)(H,49,55)/t31-,32+,34-,35-,36+,38-,39-,40-,41+/m0/s1. The van der Waals surface area contributed by atoms with Crippen LogP contribution in [-0.2, 0) is 39.9 Å². The first kappa shape index (κ1) is 51.0. The second-order valence-electron chi connectivity index (χ2n) is 17.1. The Morgan fingerprint density at radius 1 is 0.983 bits per heavy atom. The number of ether oxygens (including phenoxy) is 2. The van der Waals surface area contributed by atoms with Crippen LogP contribution in [0.2, 0.25) is 0 Å². The van der Waals surface area contributed by atoms with E-state index >= 15 is 0 Å². The van der Waals surface area contributed by atoms with Gasteiger partial charge in [0.2, 0.25) is 23.6 Å². The Morgan fingerprint density at radius 2 is 1.68 bits per heavy atom. The molecule has 338 valence electrons. The number of nitrogens with two attached hydrogens (primary N) is 1. The van der Waals surface area contributed by atoms with Gasteiger partial charge in [0.1, 0.15) is 6.04 Å². The Balaban J connectivity index is 1.80. The Morgan fingerprint density at radius 3 is 2.28 bits per heavy atom. The molecule has 4 N–H and O–H groups in total. The highest BCUT2D eigenvalue weighted by Gasteiger charge is 2.43. The van der Waals surface area contributed by atoms with E-state index in [4.69, 9.17) is 25.2 Å². The van der Waals surface area contributed by atoms with Crippen LogP contribution < -0.4 is 16.5 Å². The molecular formula is C45H75N7O7S. The third-order valence-electron chi connectivity index (χ3n) is 12.2. The number of aliphatic imine (C=N–C) groups is 1. The van der Waals surface area contributed by atoms with Gasteiger partial charge in [-0.05, 0) is 56.0 Å². The summed E-state index contributed by atoms with van der Waals surface area (Å²) in [5.41, 5.74) is 1.10. The number of thioether (sulfide) groups is 1. The van der Waals surface area contributed by atoms with E-state index in [1.165, 1.54) is 0 Å². The van der Waals surface area contributed by atoms with E-state index in [2.05, 4.69) is 36.6 Å². The first-order valence-corrected chi connectivity index (χ1v) is 22.7. The number of nitrogens with zero attached hydrogens (tertiary/aromatic N) is 4. The number of nitrogens with one attached hydrogen (secondary N) is 2. The zero-order chi connectivity index (χ0) is 44.5. The van der Waals surface area contributed by atoms with Crippen molar-refractivity contribution in [1.29, 1.82) is 0 Å². The number of methoxy groups -OCH3 is 2.